The first-order valence-electron chi connectivity index (χ1n) is 12.2. The topological polar surface area (TPSA) is 146 Å². The second-order valence-corrected chi connectivity index (χ2v) is 9.38. The summed E-state index contributed by atoms with van der Waals surface area (Å²) in [7, 11) is 2.08. The molecule has 0 aromatic heterocycles. The molecule has 0 amide bonds. The Balaban J connectivity index is 1.40. The number of piperazine rings is 1. The standard InChI is InChI=1S/C23H39N5O6/c1-25-10-12-26(13-11-25)17-6-7-18(19(14-17)28(33)34)24-8-4-2-3-5-9-27-15-21(30)23(32)22(31)20(27)16-29/h6-7,14,20-24,29-32H,2-5,8-13,15-16H2,1H3/t20-,21+,22-,23-/m1/s1. The van der Waals surface area contributed by atoms with E-state index >= 15 is 0 Å². The van der Waals surface area contributed by atoms with Crippen LogP contribution >= 0.6 is 0 Å². The van der Waals surface area contributed by atoms with Gasteiger partial charge in [0.1, 0.15) is 17.9 Å². The Morgan fingerprint density at radius 1 is 1.06 bits per heavy atom. The summed E-state index contributed by atoms with van der Waals surface area (Å²) in [5.41, 5.74) is 1.51. The highest BCUT2D eigenvalue weighted by atomic mass is 16.6. The summed E-state index contributed by atoms with van der Waals surface area (Å²) in [6.45, 7) is 4.77. The SMILES string of the molecule is CN1CCN(c2ccc(NCCCCCCN3C[C@H](O)[C@@H](O)[C@H](O)[C@H]3CO)c([N+](=O)[O-])c2)CC1. The third kappa shape index (κ3) is 6.77. The fourth-order valence-electron chi connectivity index (χ4n) is 4.73. The number of β-amino-alcohol motifs (C(OH)–C–C–N with tert-alkyl or cyclic N) is 1. The number of benzene rings is 1. The predicted molar refractivity (Wildman–Crippen MR) is 130 cm³/mol. The van der Waals surface area contributed by atoms with Gasteiger partial charge in [0.05, 0.1) is 23.7 Å². The molecule has 0 aliphatic carbocycles. The number of nitro groups is 1. The van der Waals surface area contributed by atoms with Crippen LogP contribution in [0.3, 0.4) is 0 Å². The van der Waals surface area contributed by atoms with Crippen LogP contribution < -0.4 is 10.2 Å². The molecule has 192 valence electrons. The number of likely N-dealkylation sites (tertiary alicyclic amines) is 1. The molecule has 2 aliphatic rings. The zero-order valence-corrected chi connectivity index (χ0v) is 19.9. The minimum Gasteiger partial charge on any atom is -0.395 e. The number of hydrogen-bond donors (Lipinski definition) is 5. The summed E-state index contributed by atoms with van der Waals surface area (Å²) in [5, 5.41) is 54.1. The third-order valence-electron chi connectivity index (χ3n) is 6.95. The Hall–Kier alpha value is -2.02. The summed E-state index contributed by atoms with van der Waals surface area (Å²) in [4.78, 5) is 17.5. The summed E-state index contributed by atoms with van der Waals surface area (Å²) in [6, 6.07) is 4.82. The molecular weight excluding hydrogens is 442 g/mol. The van der Waals surface area contributed by atoms with Crippen molar-refractivity contribution in [3.63, 3.8) is 0 Å². The van der Waals surface area contributed by atoms with Crippen molar-refractivity contribution < 1.29 is 25.3 Å². The van der Waals surface area contributed by atoms with Gasteiger partial charge in [-0.2, -0.15) is 0 Å². The highest BCUT2D eigenvalue weighted by Crippen LogP contribution is 2.30. The van der Waals surface area contributed by atoms with Crippen molar-refractivity contribution in [1.29, 1.82) is 0 Å². The number of aliphatic hydroxyl groups is 4. The van der Waals surface area contributed by atoms with Crippen LogP contribution in [-0.4, -0.2) is 119 Å². The Morgan fingerprint density at radius 3 is 2.44 bits per heavy atom. The Morgan fingerprint density at radius 2 is 1.76 bits per heavy atom. The molecule has 1 aromatic carbocycles. The molecule has 2 saturated heterocycles. The summed E-state index contributed by atoms with van der Waals surface area (Å²) in [5.74, 6) is 0. The maximum Gasteiger partial charge on any atom is 0.294 e. The average Bonchev–Trinajstić information content (AvgIpc) is 2.82. The number of rotatable bonds is 11. The van der Waals surface area contributed by atoms with Gasteiger partial charge in [0.15, 0.2) is 0 Å². The Labute approximate surface area is 200 Å². The summed E-state index contributed by atoms with van der Waals surface area (Å²) >= 11 is 0. The molecule has 3 rings (SSSR count). The summed E-state index contributed by atoms with van der Waals surface area (Å²) < 4.78 is 0. The van der Waals surface area contributed by atoms with Gasteiger partial charge in [0.25, 0.3) is 5.69 Å². The van der Waals surface area contributed by atoms with Crippen LogP contribution in [0.2, 0.25) is 0 Å². The molecule has 11 nitrogen and oxygen atoms in total. The molecule has 0 bridgehead atoms. The van der Waals surface area contributed by atoms with E-state index in [2.05, 4.69) is 22.2 Å². The van der Waals surface area contributed by atoms with E-state index in [1.54, 1.807) is 12.1 Å². The number of nitro benzene ring substituents is 1. The van der Waals surface area contributed by atoms with Gasteiger partial charge in [-0.3, -0.25) is 15.0 Å². The maximum atomic E-state index is 11.6. The molecule has 0 saturated carbocycles. The number of anilines is 2. The van der Waals surface area contributed by atoms with Gasteiger partial charge in [0.2, 0.25) is 0 Å². The number of hydrogen-bond acceptors (Lipinski definition) is 10. The van der Waals surface area contributed by atoms with Crippen molar-refractivity contribution >= 4 is 17.1 Å². The van der Waals surface area contributed by atoms with Gasteiger partial charge < -0.3 is 35.5 Å². The molecule has 11 heteroatoms. The second kappa shape index (κ2) is 12.6. The number of aliphatic hydroxyl groups excluding tert-OH is 4. The van der Waals surface area contributed by atoms with E-state index in [1.807, 2.05) is 11.0 Å². The van der Waals surface area contributed by atoms with Crippen LogP contribution in [-0.2, 0) is 0 Å². The maximum absolute atomic E-state index is 11.6. The van der Waals surface area contributed by atoms with Crippen LogP contribution in [0, 0.1) is 10.1 Å². The number of piperidine rings is 1. The van der Waals surface area contributed by atoms with E-state index < -0.39 is 24.4 Å². The minimum atomic E-state index is -1.24. The first-order chi connectivity index (χ1) is 16.3. The highest BCUT2D eigenvalue weighted by Gasteiger charge is 2.40. The van der Waals surface area contributed by atoms with E-state index in [0.29, 0.717) is 18.8 Å². The number of nitrogens with one attached hydrogen (secondary N) is 1. The number of likely N-dealkylation sites (N-methyl/N-ethyl adjacent to an activating group) is 1. The van der Waals surface area contributed by atoms with E-state index in [9.17, 15) is 30.5 Å². The molecular formula is C23H39N5O6. The number of nitrogens with zero attached hydrogens (tertiary/aromatic N) is 4. The predicted octanol–water partition coefficient (Wildman–Crippen LogP) is 0.0781. The van der Waals surface area contributed by atoms with E-state index in [1.165, 1.54) is 0 Å². The zero-order valence-electron chi connectivity index (χ0n) is 19.9. The fourth-order valence-corrected chi connectivity index (χ4v) is 4.73. The largest absolute Gasteiger partial charge is 0.395 e. The van der Waals surface area contributed by atoms with Gasteiger partial charge in [0, 0.05) is 51.0 Å². The molecule has 5 N–H and O–H groups in total. The van der Waals surface area contributed by atoms with Gasteiger partial charge >= 0.3 is 0 Å². The average molecular weight is 482 g/mol. The monoisotopic (exact) mass is 481 g/mol. The van der Waals surface area contributed by atoms with E-state index in [0.717, 1.165) is 57.5 Å². The highest BCUT2D eigenvalue weighted by molar-refractivity contribution is 5.68. The van der Waals surface area contributed by atoms with Crippen LogP contribution in [0.25, 0.3) is 0 Å². The van der Waals surface area contributed by atoms with Crippen molar-refractivity contribution in [2.75, 3.05) is 69.7 Å². The normalized spacial score (nSPS) is 26.6. The molecule has 0 spiro atoms. The van der Waals surface area contributed by atoms with Gasteiger partial charge in [-0.1, -0.05) is 12.8 Å². The second-order valence-electron chi connectivity index (χ2n) is 9.38. The lowest BCUT2D eigenvalue weighted by molar-refractivity contribution is -0.383. The lowest BCUT2D eigenvalue weighted by atomic mass is 9.94. The molecule has 34 heavy (non-hydrogen) atoms. The van der Waals surface area contributed by atoms with E-state index in [-0.39, 0.29) is 23.8 Å². The first-order valence-corrected chi connectivity index (χ1v) is 12.2. The lowest BCUT2D eigenvalue weighted by Gasteiger charge is -2.43. The van der Waals surface area contributed by atoms with Crippen molar-refractivity contribution in [2.45, 2.75) is 50.0 Å². The Bertz CT molecular complexity index is 791. The lowest BCUT2D eigenvalue weighted by Crippen LogP contribution is -2.62. The van der Waals surface area contributed by atoms with Gasteiger partial charge in [-0.15, -0.1) is 0 Å². The van der Waals surface area contributed by atoms with Crippen LogP contribution in [0.1, 0.15) is 25.7 Å². The molecule has 0 unspecified atom stereocenters. The molecule has 2 heterocycles. The van der Waals surface area contributed by atoms with Crippen molar-refractivity contribution in [1.82, 2.24) is 9.80 Å². The zero-order chi connectivity index (χ0) is 24.7. The Kier molecular flexibility index (Phi) is 9.86. The van der Waals surface area contributed by atoms with Crippen LogP contribution in [0.5, 0.6) is 0 Å². The fraction of sp³-hybridized carbons (Fsp3) is 0.739. The van der Waals surface area contributed by atoms with Crippen molar-refractivity contribution in [2.24, 2.45) is 0 Å². The minimum absolute atomic E-state index is 0.0934. The molecule has 1 aromatic rings. The van der Waals surface area contributed by atoms with Crippen molar-refractivity contribution in [3.8, 4) is 0 Å². The van der Waals surface area contributed by atoms with Gasteiger partial charge in [-0.25, -0.2) is 0 Å². The molecule has 0 radical (unpaired) electrons. The third-order valence-corrected chi connectivity index (χ3v) is 6.95. The molecule has 2 fully saturated rings. The number of unbranched alkanes of at least 4 members (excludes halogenated alkanes) is 3. The smallest absolute Gasteiger partial charge is 0.294 e. The quantitative estimate of drug-likeness (QED) is 0.167. The van der Waals surface area contributed by atoms with Crippen LogP contribution in [0.15, 0.2) is 18.2 Å². The molecule has 4 atom stereocenters. The van der Waals surface area contributed by atoms with Crippen LogP contribution in [0.4, 0.5) is 17.1 Å². The molecule has 2 aliphatic heterocycles. The summed E-state index contributed by atoms with van der Waals surface area (Å²) in [6.07, 6.45) is 0.0773. The first kappa shape index (κ1) is 26.6. The van der Waals surface area contributed by atoms with Gasteiger partial charge in [-0.05, 0) is 38.6 Å². The van der Waals surface area contributed by atoms with Crippen molar-refractivity contribution in [3.05, 3.63) is 28.3 Å². The van der Waals surface area contributed by atoms with E-state index in [4.69, 9.17) is 0 Å².